The van der Waals surface area contributed by atoms with Crippen LogP contribution in [0.3, 0.4) is 0 Å². The summed E-state index contributed by atoms with van der Waals surface area (Å²) in [4.78, 5) is 25.4. The zero-order valence-electron chi connectivity index (χ0n) is 8.80. The van der Waals surface area contributed by atoms with Crippen LogP contribution >= 0.6 is 0 Å². The standard InChI is InChI=1S/C12H12N2O2/c13-4-1-5-14-11(15)9-7-2-3-8(6-7)10(9)12(14)16/h2-3,7-10H,1,5-6H2/t7-,8+,9-,10-/m1/s1. The maximum Gasteiger partial charge on any atom is 0.233 e. The molecule has 2 aliphatic carbocycles. The molecule has 0 spiro atoms. The van der Waals surface area contributed by atoms with Crippen molar-refractivity contribution in [3.8, 4) is 6.07 Å². The molecule has 2 fully saturated rings. The number of hydrogen-bond acceptors (Lipinski definition) is 3. The Hall–Kier alpha value is -1.63. The number of hydrogen-bond donors (Lipinski definition) is 0. The summed E-state index contributed by atoms with van der Waals surface area (Å²) in [7, 11) is 0. The molecule has 0 unspecified atom stereocenters. The second-order valence-corrected chi connectivity index (χ2v) is 4.74. The minimum Gasteiger partial charge on any atom is -0.281 e. The number of allylic oxidation sites excluding steroid dienone is 2. The molecule has 16 heavy (non-hydrogen) atoms. The molecule has 3 rings (SSSR count). The first kappa shape index (κ1) is 9.59. The Balaban J connectivity index is 1.86. The number of likely N-dealkylation sites (tertiary alicyclic amines) is 1. The quantitative estimate of drug-likeness (QED) is 0.504. The van der Waals surface area contributed by atoms with Gasteiger partial charge in [-0.15, -0.1) is 0 Å². The maximum absolute atomic E-state index is 12.1. The third-order valence-corrected chi connectivity index (χ3v) is 4.01. The van der Waals surface area contributed by atoms with E-state index in [2.05, 4.69) is 12.2 Å². The smallest absolute Gasteiger partial charge is 0.233 e. The van der Waals surface area contributed by atoms with Crippen molar-refractivity contribution in [1.82, 2.24) is 4.90 Å². The van der Waals surface area contributed by atoms with Gasteiger partial charge >= 0.3 is 0 Å². The van der Waals surface area contributed by atoms with E-state index in [9.17, 15) is 9.59 Å². The molecule has 1 saturated heterocycles. The van der Waals surface area contributed by atoms with E-state index in [1.54, 1.807) is 0 Å². The molecule has 1 saturated carbocycles. The summed E-state index contributed by atoms with van der Waals surface area (Å²) < 4.78 is 0. The van der Waals surface area contributed by atoms with E-state index in [1.807, 2.05) is 6.07 Å². The molecular weight excluding hydrogens is 204 g/mol. The fraction of sp³-hybridized carbons (Fsp3) is 0.583. The van der Waals surface area contributed by atoms with E-state index in [4.69, 9.17) is 5.26 Å². The summed E-state index contributed by atoms with van der Waals surface area (Å²) in [6.07, 6.45) is 5.34. The summed E-state index contributed by atoms with van der Waals surface area (Å²) in [6, 6.07) is 1.98. The predicted molar refractivity (Wildman–Crippen MR) is 54.7 cm³/mol. The molecule has 4 nitrogen and oxygen atoms in total. The van der Waals surface area contributed by atoms with E-state index in [-0.39, 0.29) is 48.5 Å². The van der Waals surface area contributed by atoms with E-state index < -0.39 is 0 Å². The summed E-state index contributed by atoms with van der Waals surface area (Å²) in [5.41, 5.74) is 0. The first-order valence-corrected chi connectivity index (χ1v) is 5.64. The van der Waals surface area contributed by atoms with Gasteiger partial charge in [-0.3, -0.25) is 14.5 Å². The van der Waals surface area contributed by atoms with Gasteiger partial charge in [0.2, 0.25) is 11.8 Å². The molecule has 2 bridgehead atoms. The average molecular weight is 216 g/mol. The highest BCUT2D eigenvalue weighted by atomic mass is 16.2. The van der Waals surface area contributed by atoms with Crippen LogP contribution in [0.4, 0.5) is 0 Å². The van der Waals surface area contributed by atoms with Crippen molar-refractivity contribution in [2.45, 2.75) is 12.8 Å². The van der Waals surface area contributed by atoms with Crippen LogP contribution in [0, 0.1) is 35.0 Å². The molecule has 0 N–H and O–H groups in total. The van der Waals surface area contributed by atoms with Crippen LogP contribution in [-0.4, -0.2) is 23.3 Å². The van der Waals surface area contributed by atoms with Crippen LogP contribution in [0.1, 0.15) is 12.8 Å². The molecule has 82 valence electrons. The topological polar surface area (TPSA) is 61.2 Å². The van der Waals surface area contributed by atoms with Gasteiger partial charge in [0.05, 0.1) is 24.3 Å². The molecule has 1 heterocycles. The molecule has 4 atom stereocenters. The van der Waals surface area contributed by atoms with Gasteiger partial charge in [0.1, 0.15) is 0 Å². The Kier molecular flexibility index (Phi) is 1.90. The van der Waals surface area contributed by atoms with E-state index in [0.717, 1.165) is 6.42 Å². The molecule has 1 aliphatic heterocycles. The van der Waals surface area contributed by atoms with Gasteiger partial charge in [-0.2, -0.15) is 5.26 Å². The number of nitrogens with zero attached hydrogens (tertiary/aromatic N) is 2. The molecular formula is C12H12N2O2. The number of rotatable bonds is 2. The number of fused-ring (bicyclic) bond motifs is 5. The number of amides is 2. The van der Waals surface area contributed by atoms with Crippen LogP contribution in [0.15, 0.2) is 12.2 Å². The summed E-state index contributed by atoms with van der Waals surface area (Å²) in [6.45, 7) is 0.264. The van der Waals surface area contributed by atoms with Gasteiger partial charge in [-0.05, 0) is 18.3 Å². The molecule has 0 aromatic rings. The minimum absolute atomic E-state index is 0.0536. The highest BCUT2D eigenvalue weighted by molar-refractivity contribution is 6.06. The summed E-state index contributed by atoms with van der Waals surface area (Å²) in [5.74, 6) is 0.170. The molecule has 4 heteroatoms. The maximum atomic E-state index is 12.1. The van der Waals surface area contributed by atoms with Crippen molar-refractivity contribution < 1.29 is 9.59 Å². The van der Waals surface area contributed by atoms with Gasteiger partial charge in [0.25, 0.3) is 0 Å². The van der Waals surface area contributed by atoms with Crippen molar-refractivity contribution in [2.75, 3.05) is 6.54 Å². The van der Waals surface area contributed by atoms with Crippen LogP contribution < -0.4 is 0 Å². The largest absolute Gasteiger partial charge is 0.281 e. The Bertz CT molecular complexity index is 405. The molecule has 0 aromatic carbocycles. The van der Waals surface area contributed by atoms with Crippen LogP contribution in [0.2, 0.25) is 0 Å². The molecule has 2 amide bonds. The monoisotopic (exact) mass is 216 g/mol. The highest BCUT2D eigenvalue weighted by Gasteiger charge is 2.58. The lowest BCUT2D eigenvalue weighted by molar-refractivity contribution is -0.140. The lowest BCUT2D eigenvalue weighted by Gasteiger charge is -2.15. The lowest BCUT2D eigenvalue weighted by atomic mass is 9.85. The van der Waals surface area contributed by atoms with Crippen molar-refractivity contribution in [1.29, 1.82) is 5.26 Å². The van der Waals surface area contributed by atoms with Crippen LogP contribution in [0.5, 0.6) is 0 Å². The Morgan fingerprint density at radius 3 is 2.31 bits per heavy atom. The number of nitriles is 1. The molecule has 0 aromatic heterocycles. The van der Waals surface area contributed by atoms with Crippen molar-refractivity contribution in [2.24, 2.45) is 23.7 Å². The molecule has 3 aliphatic rings. The number of imide groups is 1. The minimum atomic E-state index is -0.124. The normalized spacial score (nSPS) is 39.3. The lowest BCUT2D eigenvalue weighted by Crippen LogP contribution is -2.33. The highest BCUT2D eigenvalue weighted by Crippen LogP contribution is 2.52. The third-order valence-electron chi connectivity index (χ3n) is 4.01. The van der Waals surface area contributed by atoms with E-state index in [0.29, 0.717) is 0 Å². The van der Waals surface area contributed by atoms with Crippen LogP contribution in [0.25, 0.3) is 0 Å². The third kappa shape index (κ3) is 1.03. The van der Waals surface area contributed by atoms with Gasteiger partial charge in [-0.1, -0.05) is 12.2 Å². The summed E-state index contributed by atoms with van der Waals surface area (Å²) in [5, 5.41) is 8.51. The predicted octanol–water partition coefficient (Wildman–Crippen LogP) is 0.707. The summed E-state index contributed by atoms with van der Waals surface area (Å²) >= 11 is 0. The Morgan fingerprint density at radius 2 is 1.81 bits per heavy atom. The zero-order chi connectivity index (χ0) is 11.3. The zero-order valence-corrected chi connectivity index (χ0v) is 8.80. The first-order chi connectivity index (χ1) is 7.74. The molecule has 0 radical (unpaired) electrons. The van der Waals surface area contributed by atoms with Crippen molar-refractivity contribution >= 4 is 11.8 Å². The van der Waals surface area contributed by atoms with Crippen LogP contribution in [-0.2, 0) is 9.59 Å². The average Bonchev–Trinajstić information content (AvgIpc) is 2.92. The van der Waals surface area contributed by atoms with Gasteiger partial charge in [-0.25, -0.2) is 0 Å². The van der Waals surface area contributed by atoms with Gasteiger partial charge in [0.15, 0.2) is 0 Å². The van der Waals surface area contributed by atoms with Crippen molar-refractivity contribution in [3.63, 3.8) is 0 Å². The second-order valence-electron chi connectivity index (χ2n) is 4.74. The van der Waals surface area contributed by atoms with E-state index >= 15 is 0 Å². The first-order valence-electron chi connectivity index (χ1n) is 5.64. The Labute approximate surface area is 93.5 Å². The van der Waals surface area contributed by atoms with Gasteiger partial charge in [0, 0.05) is 6.54 Å². The SMILES string of the molecule is N#CCCN1C(=O)[C@H]2[C@H](C1=O)[C@H]1C=C[C@@H]2C1. The van der Waals surface area contributed by atoms with Gasteiger partial charge < -0.3 is 0 Å². The number of carbonyl (C=O) groups excluding carboxylic acids is 2. The Morgan fingerprint density at radius 1 is 1.25 bits per heavy atom. The van der Waals surface area contributed by atoms with Crippen molar-refractivity contribution in [3.05, 3.63) is 12.2 Å². The number of carbonyl (C=O) groups is 2. The second kappa shape index (κ2) is 3.18. The fourth-order valence-corrected chi connectivity index (χ4v) is 3.35. The fourth-order valence-electron chi connectivity index (χ4n) is 3.35. The van der Waals surface area contributed by atoms with E-state index in [1.165, 1.54) is 4.90 Å².